The highest BCUT2D eigenvalue weighted by Gasteiger charge is 2.01. The molecule has 0 unspecified atom stereocenters. The quantitative estimate of drug-likeness (QED) is 0.712. The number of nitrogens with zero attached hydrogens (tertiary/aromatic N) is 2. The predicted octanol–water partition coefficient (Wildman–Crippen LogP) is 4.44. The molecule has 0 aliphatic rings. The molecule has 2 heteroatoms. The number of benzene rings is 1. The maximum atomic E-state index is 4.47. The van der Waals surface area contributed by atoms with Crippen molar-refractivity contribution in [3.63, 3.8) is 0 Å². The van der Waals surface area contributed by atoms with E-state index in [1.165, 1.54) is 30.4 Å². The summed E-state index contributed by atoms with van der Waals surface area (Å²) in [5, 5.41) is 0. The van der Waals surface area contributed by atoms with Crippen molar-refractivity contribution in [3.8, 4) is 11.4 Å². The fourth-order valence-electron chi connectivity index (χ4n) is 2.10. The van der Waals surface area contributed by atoms with E-state index in [4.69, 9.17) is 0 Å². The standard InChI is InChI=1S/C17H22N2/c1-3-5-6-7-15-12-18-17(19-13-15)16-10-8-14(4-2)9-11-16/h8-13H,3-7H2,1-2H3. The fourth-order valence-corrected chi connectivity index (χ4v) is 2.10. The molecule has 0 aliphatic heterocycles. The molecule has 0 aliphatic carbocycles. The average Bonchev–Trinajstić information content (AvgIpc) is 2.48. The van der Waals surface area contributed by atoms with Crippen LogP contribution >= 0.6 is 0 Å². The smallest absolute Gasteiger partial charge is 0.159 e. The van der Waals surface area contributed by atoms with Gasteiger partial charge in [0.2, 0.25) is 0 Å². The van der Waals surface area contributed by atoms with Crippen molar-refractivity contribution in [1.82, 2.24) is 9.97 Å². The largest absolute Gasteiger partial charge is 0.236 e. The number of hydrogen-bond donors (Lipinski definition) is 0. The minimum absolute atomic E-state index is 0.821. The summed E-state index contributed by atoms with van der Waals surface area (Å²) in [5.41, 5.74) is 3.68. The first-order valence-electron chi connectivity index (χ1n) is 7.23. The zero-order chi connectivity index (χ0) is 13.5. The lowest BCUT2D eigenvalue weighted by Gasteiger charge is -2.03. The lowest BCUT2D eigenvalue weighted by atomic mass is 10.1. The second kappa shape index (κ2) is 7.03. The molecule has 0 saturated carbocycles. The number of aryl methyl sites for hydroxylation is 2. The Morgan fingerprint density at radius 2 is 1.53 bits per heavy atom. The van der Waals surface area contributed by atoms with Crippen LogP contribution < -0.4 is 0 Å². The third kappa shape index (κ3) is 3.88. The highest BCUT2D eigenvalue weighted by molar-refractivity contribution is 5.55. The van der Waals surface area contributed by atoms with Crippen molar-refractivity contribution in [2.75, 3.05) is 0 Å². The third-order valence-corrected chi connectivity index (χ3v) is 3.39. The minimum atomic E-state index is 0.821. The molecule has 1 aromatic carbocycles. The molecular weight excluding hydrogens is 232 g/mol. The van der Waals surface area contributed by atoms with E-state index in [-0.39, 0.29) is 0 Å². The van der Waals surface area contributed by atoms with Gasteiger partial charge in [-0.3, -0.25) is 0 Å². The molecule has 0 amide bonds. The van der Waals surface area contributed by atoms with Gasteiger partial charge >= 0.3 is 0 Å². The molecular formula is C17H22N2. The first kappa shape index (κ1) is 13.7. The molecule has 1 aromatic heterocycles. The molecule has 1 heterocycles. The summed E-state index contributed by atoms with van der Waals surface area (Å²) in [7, 11) is 0. The van der Waals surface area contributed by atoms with Crippen LogP contribution in [0.25, 0.3) is 11.4 Å². The van der Waals surface area contributed by atoms with E-state index < -0.39 is 0 Å². The van der Waals surface area contributed by atoms with Crippen molar-refractivity contribution >= 4 is 0 Å². The first-order valence-corrected chi connectivity index (χ1v) is 7.23. The highest BCUT2D eigenvalue weighted by atomic mass is 14.9. The molecule has 0 radical (unpaired) electrons. The van der Waals surface area contributed by atoms with Gasteiger partial charge in [0.1, 0.15) is 0 Å². The summed E-state index contributed by atoms with van der Waals surface area (Å²) in [4.78, 5) is 8.94. The van der Waals surface area contributed by atoms with Crippen LogP contribution in [0.15, 0.2) is 36.7 Å². The second-order valence-electron chi connectivity index (χ2n) is 4.92. The van der Waals surface area contributed by atoms with Crippen LogP contribution in [0.3, 0.4) is 0 Å². The molecule has 0 N–H and O–H groups in total. The average molecular weight is 254 g/mol. The fraction of sp³-hybridized carbons (Fsp3) is 0.412. The van der Waals surface area contributed by atoms with Gasteiger partial charge in [-0.15, -0.1) is 0 Å². The first-order chi connectivity index (χ1) is 9.33. The molecule has 0 spiro atoms. The zero-order valence-electron chi connectivity index (χ0n) is 11.9. The molecule has 0 atom stereocenters. The summed E-state index contributed by atoms with van der Waals surface area (Å²) in [6, 6.07) is 8.50. The normalized spacial score (nSPS) is 10.6. The summed E-state index contributed by atoms with van der Waals surface area (Å²) in [5.74, 6) is 0.821. The van der Waals surface area contributed by atoms with Gasteiger partial charge in [0.25, 0.3) is 0 Å². The van der Waals surface area contributed by atoms with Gasteiger partial charge in [0.05, 0.1) is 0 Å². The van der Waals surface area contributed by atoms with Crippen molar-refractivity contribution in [2.24, 2.45) is 0 Å². The molecule has 0 saturated heterocycles. The maximum Gasteiger partial charge on any atom is 0.159 e. The van der Waals surface area contributed by atoms with Crippen LogP contribution in [-0.4, -0.2) is 9.97 Å². The summed E-state index contributed by atoms with van der Waals surface area (Å²) < 4.78 is 0. The van der Waals surface area contributed by atoms with Crippen molar-refractivity contribution in [3.05, 3.63) is 47.8 Å². The number of aromatic nitrogens is 2. The Kier molecular flexibility index (Phi) is 5.08. The SMILES string of the molecule is CCCCCc1cnc(-c2ccc(CC)cc2)nc1. The molecule has 0 bridgehead atoms. The number of unbranched alkanes of at least 4 members (excludes halogenated alkanes) is 2. The van der Waals surface area contributed by atoms with Gasteiger partial charge in [0.15, 0.2) is 5.82 Å². The van der Waals surface area contributed by atoms with E-state index >= 15 is 0 Å². The second-order valence-corrected chi connectivity index (χ2v) is 4.92. The monoisotopic (exact) mass is 254 g/mol. The minimum Gasteiger partial charge on any atom is -0.236 e. The van der Waals surface area contributed by atoms with Crippen LogP contribution in [0.2, 0.25) is 0 Å². The van der Waals surface area contributed by atoms with Crippen LogP contribution in [0.1, 0.15) is 44.2 Å². The van der Waals surface area contributed by atoms with Crippen LogP contribution in [0.5, 0.6) is 0 Å². The molecule has 2 nitrogen and oxygen atoms in total. The van der Waals surface area contributed by atoms with Gasteiger partial charge in [-0.05, 0) is 30.4 Å². The Balaban J connectivity index is 2.04. The van der Waals surface area contributed by atoms with E-state index in [0.717, 1.165) is 24.2 Å². The number of rotatable bonds is 6. The molecule has 19 heavy (non-hydrogen) atoms. The summed E-state index contributed by atoms with van der Waals surface area (Å²) >= 11 is 0. The topological polar surface area (TPSA) is 25.8 Å². The maximum absolute atomic E-state index is 4.47. The summed E-state index contributed by atoms with van der Waals surface area (Å²) in [6.45, 7) is 4.39. The Morgan fingerprint density at radius 1 is 0.842 bits per heavy atom. The highest BCUT2D eigenvalue weighted by Crippen LogP contribution is 2.16. The van der Waals surface area contributed by atoms with Crippen molar-refractivity contribution < 1.29 is 0 Å². The Morgan fingerprint density at radius 3 is 2.11 bits per heavy atom. The van der Waals surface area contributed by atoms with Crippen LogP contribution in [-0.2, 0) is 12.8 Å². The Bertz CT molecular complexity index is 486. The lowest BCUT2D eigenvalue weighted by molar-refractivity contribution is 0.714. The summed E-state index contributed by atoms with van der Waals surface area (Å²) in [6.07, 6.45) is 9.84. The van der Waals surface area contributed by atoms with E-state index in [1.54, 1.807) is 0 Å². The van der Waals surface area contributed by atoms with Gasteiger partial charge < -0.3 is 0 Å². The van der Waals surface area contributed by atoms with Gasteiger partial charge in [-0.2, -0.15) is 0 Å². The zero-order valence-corrected chi connectivity index (χ0v) is 11.9. The molecule has 100 valence electrons. The predicted molar refractivity (Wildman–Crippen MR) is 80.1 cm³/mol. The number of hydrogen-bond acceptors (Lipinski definition) is 2. The van der Waals surface area contributed by atoms with E-state index in [0.29, 0.717) is 0 Å². The molecule has 2 aromatic rings. The third-order valence-electron chi connectivity index (χ3n) is 3.39. The van der Waals surface area contributed by atoms with Gasteiger partial charge in [-0.25, -0.2) is 9.97 Å². The van der Waals surface area contributed by atoms with Gasteiger partial charge in [0, 0.05) is 18.0 Å². The Labute approximate surface area is 115 Å². The van der Waals surface area contributed by atoms with E-state index in [1.807, 2.05) is 12.4 Å². The van der Waals surface area contributed by atoms with Crippen molar-refractivity contribution in [1.29, 1.82) is 0 Å². The Hall–Kier alpha value is -1.70. The van der Waals surface area contributed by atoms with Crippen LogP contribution in [0, 0.1) is 0 Å². The van der Waals surface area contributed by atoms with Crippen LogP contribution in [0.4, 0.5) is 0 Å². The van der Waals surface area contributed by atoms with E-state index in [9.17, 15) is 0 Å². The molecule has 2 rings (SSSR count). The van der Waals surface area contributed by atoms with E-state index in [2.05, 4.69) is 48.1 Å². The van der Waals surface area contributed by atoms with Crippen molar-refractivity contribution in [2.45, 2.75) is 46.0 Å². The molecule has 0 fully saturated rings. The van der Waals surface area contributed by atoms with Gasteiger partial charge in [-0.1, -0.05) is 51.0 Å². The lowest BCUT2D eigenvalue weighted by Crippen LogP contribution is -1.93.